The maximum absolute atomic E-state index is 13.1. The second kappa shape index (κ2) is 9.72. The first-order valence-electron chi connectivity index (χ1n) is 9.70. The van der Waals surface area contributed by atoms with Crippen molar-refractivity contribution in [3.05, 3.63) is 87.4 Å². The van der Waals surface area contributed by atoms with Crippen molar-refractivity contribution in [1.29, 1.82) is 0 Å². The Balaban J connectivity index is 1.49. The van der Waals surface area contributed by atoms with E-state index in [9.17, 15) is 9.59 Å². The van der Waals surface area contributed by atoms with Gasteiger partial charge in [0.1, 0.15) is 10.8 Å². The van der Waals surface area contributed by atoms with E-state index in [0.717, 1.165) is 21.8 Å². The molecule has 1 N–H and O–H groups in total. The lowest BCUT2D eigenvalue weighted by Crippen LogP contribution is -2.31. The van der Waals surface area contributed by atoms with Crippen molar-refractivity contribution in [1.82, 2.24) is 15.2 Å². The topological polar surface area (TPSA) is 75.4 Å². The summed E-state index contributed by atoms with van der Waals surface area (Å²) in [6, 6.07) is 12.9. The highest BCUT2D eigenvalue weighted by Gasteiger charge is 2.18. The number of furan rings is 1. The first-order chi connectivity index (χ1) is 15.1. The molecule has 3 aromatic heterocycles. The highest BCUT2D eigenvalue weighted by molar-refractivity contribution is 7.14. The van der Waals surface area contributed by atoms with Crippen LogP contribution in [-0.4, -0.2) is 28.7 Å². The molecule has 2 amide bonds. The Kier molecular flexibility index (Phi) is 6.59. The third-order valence-corrected chi connectivity index (χ3v) is 6.37. The predicted octanol–water partition coefficient (Wildman–Crippen LogP) is 4.60. The van der Waals surface area contributed by atoms with Crippen molar-refractivity contribution >= 4 is 34.5 Å². The normalized spacial score (nSPS) is 10.7. The lowest BCUT2D eigenvalue weighted by Gasteiger charge is -2.22. The fraction of sp³-hybridized carbons (Fsp3) is 0.174. The molecule has 0 atom stereocenters. The maximum atomic E-state index is 13.1. The van der Waals surface area contributed by atoms with Crippen molar-refractivity contribution in [3.63, 3.8) is 0 Å². The van der Waals surface area contributed by atoms with Crippen molar-refractivity contribution in [3.8, 4) is 10.6 Å². The second-order valence-electron chi connectivity index (χ2n) is 6.94. The molecule has 4 aromatic rings. The molecule has 1 aromatic carbocycles. The number of thiazole rings is 1. The zero-order chi connectivity index (χ0) is 21.6. The number of hydrogen-bond acceptors (Lipinski definition) is 6. The molecule has 0 aliphatic rings. The van der Waals surface area contributed by atoms with Gasteiger partial charge in [0.2, 0.25) is 5.91 Å². The molecule has 6 nitrogen and oxygen atoms in total. The lowest BCUT2D eigenvalue weighted by atomic mass is 10.1. The fourth-order valence-corrected chi connectivity index (χ4v) is 4.65. The van der Waals surface area contributed by atoms with Gasteiger partial charge >= 0.3 is 0 Å². The predicted molar refractivity (Wildman–Crippen MR) is 122 cm³/mol. The Hall–Kier alpha value is -3.23. The van der Waals surface area contributed by atoms with Gasteiger partial charge in [-0.15, -0.1) is 11.3 Å². The average molecular weight is 452 g/mol. The Labute approximate surface area is 188 Å². The fourth-order valence-electron chi connectivity index (χ4n) is 3.12. The molecular weight excluding hydrogens is 430 g/mol. The van der Waals surface area contributed by atoms with Gasteiger partial charge in [-0.3, -0.25) is 9.59 Å². The van der Waals surface area contributed by atoms with E-state index in [1.54, 1.807) is 53.0 Å². The molecule has 0 aliphatic heterocycles. The zero-order valence-corrected chi connectivity index (χ0v) is 18.5. The van der Waals surface area contributed by atoms with Crippen molar-refractivity contribution in [2.24, 2.45) is 0 Å². The maximum Gasteiger partial charge on any atom is 0.251 e. The number of nitrogens with zero attached hydrogens (tertiary/aromatic N) is 2. The zero-order valence-electron chi connectivity index (χ0n) is 16.9. The van der Waals surface area contributed by atoms with Gasteiger partial charge in [-0.25, -0.2) is 4.98 Å². The molecule has 31 heavy (non-hydrogen) atoms. The Morgan fingerprint density at radius 3 is 2.61 bits per heavy atom. The number of rotatable bonds is 8. The molecule has 8 heteroatoms. The van der Waals surface area contributed by atoms with Crippen LogP contribution in [0.5, 0.6) is 0 Å². The van der Waals surface area contributed by atoms with Crippen LogP contribution in [0.25, 0.3) is 10.6 Å². The van der Waals surface area contributed by atoms with Gasteiger partial charge in [0.15, 0.2) is 0 Å². The van der Waals surface area contributed by atoms with Gasteiger partial charge in [-0.05, 0) is 41.3 Å². The summed E-state index contributed by atoms with van der Waals surface area (Å²) in [7, 11) is 1.60. The van der Waals surface area contributed by atoms with Crippen molar-refractivity contribution in [2.75, 3.05) is 7.05 Å². The van der Waals surface area contributed by atoms with E-state index in [2.05, 4.69) is 15.7 Å². The van der Waals surface area contributed by atoms with E-state index in [1.165, 1.54) is 0 Å². The van der Waals surface area contributed by atoms with E-state index in [0.29, 0.717) is 24.4 Å². The summed E-state index contributed by atoms with van der Waals surface area (Å²) in [5, 5.41) is 9.54. The number of hydrogen-bond donors (Lipinski definition) is 1. The summed E-state index contributed by atoms with van der Waals surface area (Å²) in [6.45, 7) is 0.777. The van der Waals surface area contributed by atoms with Gasteiger partial charge in [0.05, 0.1) is 24.9 Å². The summed E-state index contributed by atoms with van der Waals surface area (Å²) in [5.41, 5.74) is 3.36. The number of thiophene rings is 1. The number of amides is 2. The second-order valence-corrected chi connectivity index (χ2v) is 8.58. The number of benzene rings is 1. The molecule has 0 fully saturated rings. The highest BCUT2D eigenvalue weighted by Crippen LogP contribution is 2.26. The molecule has 3 heterocycles. The average Bonchev–Trinajstić information content (AvgIpc) is 3.55. The van der Waals surface area contributed by atoms with Crippen molar-refractivity contribution in [2.45, 2.75) is 19.5 Å². The molecule has 0 aliphatic carbocycles. The Morgan fingerprint density at radius 2 is 1.94 bits per heavy atom. The van der Waals surface area contributed by atoms with Crippen LogP contribution >= 0.6 is 22.7 Å². The molecular formula is C23H21N3O3S2. The van der Waals surface area contributed by atoms with Gasteiger partial charge < -0.3 is 14.6 Å². The van der Waals surface area contributed by atoms with Crippen LogP contribution in [0.1, 0.15) is 27.4 Å². The van der Waals surface area contributed by atoms with Crippen LogP contribution in [0.15, 0.2) is 69.3 Å². The smallest absolute Gasteiger partial charge is 0.251 e. The first-order valence-corrected chi connectivity index (χ1v) is 11.5. The molecule has 0 saturated heterocycles. The molecule has 4 rings (SSSR count). The Morgan fingerprint density at radius 1 is 1.10 bits per heavy atom. The summed E-state index contributed by atoms with van der Waals surface area (Å²) in [4.78, 5) is 31.3. The van der Waals surface area contributed by atoms with E-state index >= 15 is 0 Å². The number of nitrogens with one attached hydrogen (secondary N) is 1. The third-order valence-electron chi connectivity index (χ3n) is 4.75. The van der Waals surface area contributed by atoms with Gasteiger partial charge in [0.25, 0.3) is 5.91 Å². The summed E-state index contributed by atoms with van der Waals surface area (Å²) < 4.78 is 5.46. The minimum Gasteiger partial charge on any atom is -0.467 e. The van der Waals surface area contributed by atoms with Crippen LogP contribution in [0.2, 0.25) is 0 Å². The van der Waals surface area contributed by atoms with E-state index in [1.807, 2.05) is 41.1 Å². The van der Waals surface area contributed by atoms with E-state index in [4.69, 9.17) is 4.42 Å². The van der Waals surface area contributed by atoms with Gasteiger partial charge in [-0.2, -0.15) is 11.3 Å². The highest BCUT2D eigenvalue weighted by atomic mass is 32.1. The summed E-state index contributed by atoms with van der Waals surface area (Å²) in [6.07, 6.45) is 1.82. The molecule has 0 spiro atoms. The largest absolute Gasteiger partial charge is 0.467 e. The SMILES string of the molecule is CNC(=O)c1ccc(CN(Cc2ccco2)C(=O)Cc2csc(-c3ccsc3)n2)cc1. The first kappa shape index (κ1) is 21.0. The minimum absolute atomic E-state index is 0.0334. The summed E-state index contributed by atoms with van der Waals surface area (Å²) >= 11 is 3.17. The van der Waals surface area contributed by atoms with Crippen LogP contribution in [0.3, 0.4) is 0 Å². The third kappa shape index (κ3) is 5.28. The lowest BCUT2D eigenvalue weighted by molar-refractivity contribution is -0.132. The van der Waals surface area contributed by atoms with E-state index in [-0.39, 0.29) is 18.2 Å². The van der Waals surface area contributed by atoms with Gasteiger partial charge in [-0.1, -0.05) is 12.1 Å². The van der Waals surface area contributed by atoms with Gasteiger partial charge in [0, 0.05) is 35.5 Å². The van der Waals surface area contributed by atoms with E-state index < -0.39 is 0 Å². The molecule has 158 valence electrons. The molecule has 0 radical (unpaired) electrons. The molecule has 0 bridgehead atoms. The Bertz CT molecular complexity index is 1130. The van der Waals surface area contributed by atoms with Crippen LogP contribution < -0.4 is 5.32 Å². The quantitative estimate of drug-likeness (QED) is 0.425. The summed E-state index contributed by atoms with van der Waals surface area (Å²) in [5.74, 6) is 0.543. The van der Waals surface area contributed by atoms with Crippen LogP contribution in [0, 0.1) is 0 Å². The number of aromatic nitrogens is 1. The van der Waals surface area contributed by atoms with Crippen LogP contribution in [0.4, 0.5) is 0 Å². The van der Waals surface area contributed by atoms with Crippen LogP contribution in [-0.2, 0) is 24.3 Å². The molecule has 0 unspecified atom stereocenters. The number of carbonyl (C=O) groups excluding carboxylic acids is 2. The standard InChI is InChI=1S/C23H21N3O3S2/c1-24-22(28)17-6-4-16(5-7-17)12-26(13-20-3-2-9-29-20)21(27)11-19-15-31-23(25-19)18-8-10-30-14-18/h2-10,14-15H,11-13H2,1H3,(H,24,28). The minimum atomic E-state index is -0.139. The molecule has 0 saturated carbocycles. The monoisotopic (exact) mass is 451 g/mol. The van der Waals surface area contributed by atoms with Crippen molar-refractivity contribution < 1.29 is 14.0 Å². The number of carbonyl (C=O) groups is 2.